The Hall–Kier alpha value is -7.70. The van der Waals surface area contributed by atoms with Gasteiger partial charge in [-0.1, -0.05) is 208 Å². The van der Waals surface area contributed by atoms with E-state index in [1.165, 1.54) is 60.7 Å². The maximum atomic E-state index is 13.4. The van der Waals surface area contributed by atoms with Crippen molar-refractivity contribution in [3.05, 3.63) is 271 Å². The van der Waals surface area contributed by atoms with Crippen molar-refractivity contribution in [1.29, 1.82) is 0 Å². The first kappa shape index (κ1) is 104. The van der Waals surface area contributed by atoms with Crippen molar-refractivity contribution in [2.75, 3.05) is 13.2 Å². The predicted molar refractivity (Wildman–Crippen MR) is 498 cm³/mol. The summed E-state index contributed by atoms with van der Waals surface area (Å²) in [6.07, 6.45) is 11.9. The van der Waals surface area contributed by atoms with Crippen LogP contribution in [0.4, 0.5) is 26.3 Å². The van der Waals surface area contributed by atoms with Crippen LogP contribution in [0.5, 0.6) is 0 Å². The molecule has 0 aromatic heterocycles. The van der Waals surface area contributed by atoms with Crippen LogP contribution in [0.1, 0.15) is 188 Å². The van der Waals surface area contributed by atoms with Gasteiger partial charge >= 0.3 is 33.7 Å². The number of benzene rings is 9. The second-order valence-electron chi connectivity index (χ2n) is 40.2. The van der Waals surface area contributed by atoms with Gasteiger partial charge in [0.1, 0.15) is 47.5 Å². The van der Waals surface area contributed by atoms with Gasteiger partial charge in [-0.25, -0.2) is 14.4 Å². The molecule has 12 aliphatic rings. The number of ketones is 1. The van der Waals surface area contributed by atoms with Gasteiger partial charge in [-0.2, -0.15) is 39.3 Å². The van der Waals surface area contributed by atoms with Crippen LogP contribution in [-0.2, 0) is 110 Å². The van der Waals surface area contributed by atoms with E-state index in [0.29, 0.717) is 55.8 Å². The average molecular weight is 1960 g/mol. The van der Waals surface area contributed by atoms with E-state index < -0.39 is 97.4 Å². The standard InChI is InChI=1S/C26H31S.C22H23S.C18H15S.2C13H18F2O6S.C12H14F2O6S/c1-25(2,3)20-12-16-23(17-13-20)27(22-10-8-7-9-11-22)24-18-14-21(15-19-24)26(4,5)6;1-22(2,3)18-14-16-21(17-15-18)23(19-10-6-4-7-11-19)20-12-8-5-9-13-20;1-4-10-16(11-5-1)19(17-12-6-2-7-13-17)18-14-8-3-9-15-18;2*14-13(15,22-21-20-18)10(16)19-7-11-2-8-1-9(3-11)5-12(17,4-8)6-11;13-12(14,21-20-19-17)10(16)18-11-3-6-1-7(4-11)9(15)8(2-6)5-11/h7-19H,1-6H3;4-17H,1-3H3;1-15H;2*8-9,17-18H,1-7H2;6-8,17H,1-5H2/q3*+1;;;/p-3. The number of rotatable bonds is 26. The highest BCUT2D eigenvalue weighted by Crippen LogP contribution is 2.64. The summed E-state index contributed by atoms with van der Waals surface area (Å²) in [6.45, 7) is 20.1. The molecule has 12 saturated carbocycles. The third kappa shape index (κ3) is 26.8. The molecular weight excluding hydrogens is 1840 g/mol. The van der Waals surface area contributed by atoms with Crippen molar-refractivity contribution < 1.29 is 114 Å². The number of carbonyl (C=O) groups is 4. The smallest absolute Gasteiger partial charge is 0.415 e. The summed E-state index contributed by atoms with van der Waals surface area (Å²) < 4.78 is 105. The molecule has 0 radical (unpaired) electrons. The highest BCUT2D eigenvalue weighted by atomic mass is 32.2. The predicted octanol–water partition coefficient (Wildman–Crippen LogP) is 22.0. The summed E-state index contributed by atoms with van der Waals surface area (Å²) in [5, 5.41) is 46.2. The molecule has 0 heterocycles. The van der Waals surface area contributed by atoms with Gasteiger partial charge in [0.15, 0.2) is 44.1 Å². The van der Waals surface area contributed by atoms with Crippen LogP contribution in [0.2, 0.25) is 0 Å². The lowest BCUT2D eigenvalue weighted by atomic mass is 9.48. The highest BCUT2D eigenvalue weighted by molar-refractivity contribution is 7.98. The maximum absolute atomic E-state index is 13.4. The molecule has 21 rings (SSSR count). The number of ether oxygens (including phenoxy) is 3. The van der Waals surface area contributed by atoms with Gasteiger partial charge in [0, 0.05) is 22.7 Å². The summed E-state index contributed by atoms with van der Waals surface area (Å²) in [7, 11) is -0.149. The first-order chi connectivity index (χ1) is 63.5. The topological polar surface area (TPSA) is 261 Å². The zero-order valence-corrected chi connectivity index (χ0v) is 81.3. The van der Waals surface area contributed by atoms with E-state index in [0.717, 1.165) is 77.0 Å². The minimum Gasteiger partial charge on any atom is -0.691 e. The Kier molecular flexibility index (Phi) is 34.2. The molecule has 6 atom stereocenters. The van der Waals surface area contributed by atoms with Crippen molar-refractivity contribution >= 4 is 92.5 Å². The summed E-state index contributed by atoms with van der Waals surface area (Å²) in [6, 6.07) is 92.2. The Morgan fingerprint density at radius 2 is 0.575 bits per heavy atom. The minimum atomic E-state index is -4.03. The van der Waals surface area contributed by atoms with Gasteiger partial charge in [0.2, 0.25) is 0 Å². The van der Waals surface area contributed by atoms with E-state index in [-0.39, 0.29) is 85.7 Å². The molecule has 0 aliphatic heterocycles. The Morgan fingerprint density at radius 3 is 0.806 bits per heavy atom. The molecule has 12 aliphatic carbocycles. The molecule has 12 bridgehead atoms. The van der Waals surface area contributed by atoms with Crippen LogP contribution < -0.4 is 15.8 Å². The largest absolute Gasteiger partial charge is 0.691 e. The number of hydrogen-bond donors (Lipinski definition) is 2. The maximum Gasteiger partial charge on any atom is 0.415 e. The lowest BCUT2D eigenvalue weighted by Gasteiger charge is -2.59. The zero-order chi connectivity index (χ0) is 96.1. The molecule has 718 valence electrons. The van der Waals surface area contributed by atoms with Gasteiger partial charge in [0.05, 0.1) is 57.1 Å². The molecule has 30 heteroatoms. The molecule has 0 saturated heterocycles. The highest BCUT2D eigenvalue weighted by Gasteiger charge is 2.62. The third-order valence-corrected chi connectivity index (χ3v) is 34.7. The molecule has 9 aromatic carbocycles. The minimum absolute atomic E-state index is 0.0146. The summed E-state index contributed by atoms with van der Waals surface area (Å²) in [4.78, 5) is 58.8. The lowest BCUT2D eigenvalue weighted by molar-refractivity contribution is -0.777. The van der Waals surface area contributed by atoms with Gasteiger partial charge in [0.25, 0.3) is 0 Å². The quantitative estimate of drug-likeness (QED) is 0.00970. The van der Waals surface area contributed by atoms with Crippen LogP contribution >= 0.6 is 36.1 Å². The summed E-state index contributed by atoms with van der Waals surface area (Å²) >= 11 is -2.07. The zero-order valence-electron chi connectivity index (χ0n) is 76.4. The summed E-state index contributed by atoms with van der Waals surface area (Å²) in [5.41, 5.74) is 1.40. The number of aliphatic hydroxyl groups is 2. The van der Waals surface area contributed by atoms with Crippen molar-refractivity contribution in [2.45, 2.75) is 264 Å². The SMILES string of the molecule is CC(C)(C)c1ccc([S+](c2ccccc2)c2ccc(C(C)(C)C)cc2)cc1.CC(C)(C)c1ccc([S+](c2ccccc2)c2ccccc2)cc1.O=C(OCC12CC3CC(CC(O)(C3)C1)C2)C(F)(F)SOO[O-].O=C(OCC12CC3CC(CC(O)(C3)C1)C2)C(F)(F)SOO[O-].O=C1C2CC3CC1CC(OC(=O)C(F)(F)SOO[O-])(C3)C2.c1ccc([S+](c2ccccc2)c2ccccc2)cc1. The van der Waals surface area contributed by atoms with E-state index in [4.69, 9.17) is 14.2 Å². The molecular formula is C104H116F6O18S6. The molecule has 6 unspecified atom stereocenters. The van der Waals surface area contributed by atoms with Crippen molar-refractivity contribution in [3.8, 4) is 0 Å². The van der Waals surface area contributed by atoms with E-state index in [2.05, 4.69) is 345 Å². The molecule has 9 aromatic rings. The second kappa shape index (κ2) is 44.2. The van der Waals surface area contributed by atoms with Gasteiger partial charge in [-0.3, -0.25) is 19.9 Å². The second-order valence-corrected chi connectivity index (χ2v) is 48.7. The van der Waals surface area contributed by atoms with E-state index in [1.807, 2.05) is 0 Å². The monoisotopic (exact) mass is 1960 g/mol. The number of hydrogen-bond acceptors (Lipinski definition) is 21. The Morgan fingerprint density at radius 1 is 0.336 bits per heavy atom. The van der Waals surface area contributed by atoms with Crippen molar-refractivity contribution in [3.63, 3.8) is 0 Å². The molecule has 134 heavy (non-hydrogen) atoms. The van der Waals surface area contributed by atoms with Crippen LogP contribution in [-0.4, -0.2) is 79.7 Å². The number of Topliss-reactive ketones (excluding diaryl/α,β-unsaturated/α-hetero) is 1. The lowest BCUT2D eigenvalue weighted by Crippen LogP contribution is -2.57. The molecule has 12 fully saturated rings. The van der Waals surface area contributed by atoms with Gasteiger partial charge in [-0.05, 0) is 281 Å². The van der Waals surface area contributed by atoms with Gasteiger partial charge < -0.3 is 40.2 Å². The summed E-state index contributed by atoms with van der Waals surface area (Å²) in [5.74, 6) is -3.77. The third-order valence-electron chi connectivity index (χ3n) is 26.5. The van der Waals surface area contributed by atoms with Crippen LogP contribution in [0.3, 0.4) is 0 Å². The Bertz CT molecular complexity index is 4980. The molecule has 2 N–H and O–H groups in total. The number of alkyl halides is 6. The first-order valence-electron chi connectivity index (χ1n) is 45.0. The molecule has 0 amide bonds. The normalized spacial score (nSPS) is 25.1. The van der Waals surface area contributed by atoms with Crippen LogP contribution in [0, 0.1) is 52.3 Å². The number of halogens is 6. The Labute approximate surface area is 802 Å². The fraction of sp³-hybridized carbons (Fsp3) is 0.442. The van der Waals surface area contributed by atoms with Crippen LogP contribution in [0.15, 0.2) is 299 Å². The van der Waals surface area contributed by atoms with Crippen LogP contribution in [0.25, 0.3) is 0 Å². The van der Waals surface area contributed by atoms with Crippen molar-refractivity contribution in [1.82, 2.24) is 0 Å². The van der Waals surface area contributed by atoms with E-state index in [1.54, 1.807) is 0 Å². The average Bonchev–Trinajstić information content (AvgIpc) is 0.741. The van der Waals surface area contributed by atoms with Gasteiger partial charge in [-0.15, -0.1) is 0 Å². The fourth-order valence-corrected chi connectivity index (χ4v) is 28.9. The molecule has 0 spiro atoms. The molecule has 18 nitrogen and oxygen atoms in total. The van der Waals surface area contributed by atoms with E-state index >= 15 is 0 Å². The Balaban J connectivity index is 0.000000137. The number of carbonyl (C=O) groups excluding carboxylic acids is 4. The van der Waals surface area contributed by atoms with Crippen molar-refractivity contribution in [2.24, 2.45) is 52.3 Å². The fourth-order valence-electron chi connectivity index (χ4n) is 21.9. The number of esters is 3. The first-order valence-corrected chi connectivity index (χ1v) is 50.9. The van der Waals surface area contributed by atoms with E-state index in [9.17, 15) is 71.5 Å².